The van der Waals surface area contributed by atoms with E-state index in [1.54, 1.807) is 60.8 Å². The molecule has 2 N–H and O–H groups in total. The molecule has 1 amide bonds. The molecule has 0 unspecified atom stereocenters. The largest absolute Gasteiger partial charge is 0.459 e. The normalized spacial score (nSPS) is 20.4. The number of ether oxygens (including phenoxy) is 1. The Balaban J connectivity index is 1.39. The van der Waals surface area contributed by atoms with Crippen LogP contribution in [0.15, 0.2) is 79.3 Å². The van der Waals surface area contributed by atoms with Crippen molar-refractivity contribution in [3.05, 3.63) is 90.4 Å². The molecule has 34 heavy (non-hydrogen) atoms. The fourth-order valence-corrected chi connectivity index (χ4v) is 4.33. The van der Waals surface area contributed by atoms with Crippen LogP contribution in [0.1, 0.15) is 24.0 Å². The van der Waals surface area contributed by atoms with Gasteiger partial charge in [0, 0.05) is 19.0 Å². The number of nitrogens with one attached hydrogen (secondary N) is 1. The van der Waals surface area contributed by atoms with Gasteiger partial charge in [0.05, 0.1) is 20.1 Å². The summed E-state index contributed by atoms with van der Waals surface area (Å²) in [4.78, 5) is 33.7. The van der Waals surface area contributed by atoms with E-state index < -0.39 is 11.6 Å². The highest BCUT2D eigenvalue weighted by molar-refractivity contribution is 5.90. The highest BCUT2D eigenvalue weighted by Crippen LogP contribution is 2.32. The zero-order valence-electron chi connectivity index (χ0n) is 19.1. The number of rotatable bonds is 7. The van der Waals surface area contributed by atoms with Crippen LogP contribution >= 0.6 is 0 Å². The minimum Gasteiger partial charge on any atom is -0.459 e. The number of amides is 1. The molecule has 0 radical (unpaired) electrons. The summed E-state index contributed by atoms with van der Waals surface area (Å²) in [7, 11) is 2.02. The topological polar surface area (TPSA) is 101 Å². The van der Waals surface area contributed by atoms with Gasteiger partial charge >= 0.3 is 5.97 Å². The van der Waals surface area contributed by atoms with Crippen molar-refractivity contribution in [2.45, 2.75) is 24.5 Å². The molecule has 0 bridgehead atoms. The number of quaternary nitrogens is 1. The van der Waals surface area contributed by atoms with E-state index >= 15 is 0 Å². The van der Waals surface area contributed by atoms with Crippen LogP contribution in [-0.4, -0.2) is 64.2 Å². The summed E-state index contributed by atoms with van der Waals surface area (Å²) >= 11 is 0. The third-order valence-electron chi connectivity index (χ3n) is 6.31. The van der Waals surface area contributed by atoms with E-state index in [0.29, 0.717) is 53.9 Å². The van der Waals surface area contributed by atoms with Crippen LogP contribution in [0, 0.1) is 0 Å². The Hall–Kier alpha value is -3.62. The van der Waals surface area contributed by atoms with E-state index in [-0.39, 0.29) is 12.0 Å². The van der Waals surface area contributed by atoms with Crippen LogP contribution < -0.4 is 5.32 Å². The molecule has 1 aromatic heterocycles. The molecular formula is C26H29N4O4+. The summed E-state index contributed by atoms with van der Waals surface area (Å²) in [5, 5.41) is 14.4. The Bertz CT molecular complexity index is 1060. The zero-order valence-corrected chi connectivity index (χ0v) is 19.1. The number of likely N-dealkylation sites (N-methyl/N-ethyl adjacent to an activating group) is 1. The van der Waals surface area contributed by atoms with Gasteiger partial charge in [0.2, 0.25) is 5.60 Å². The molecule has 1 aliphatic heterocycles. The van der Waals surface area contributed by atoms with Gasteiger partial charge in [0.1, 0.15) is 18.2 Å². The number of esters is 1. The molecule has 0 saturated carbocycles. The van der Waals surface area contributed by atoms with Gasteiger partial charge < -0.3 is 19.6 Å². The molecule has 2 aromatic carbocycles. The minimum atomic E-state index is -1.89. The SMILES string of the molecule is C[N+]1(CC(=O)Nc2ccncn2)CCC(OC(=O)C(O)(c2ccccc2)c2ccccc2)CC1. The van der Waals surface area contributed by atoms with Crippen molar-refractivity contribution in [1.29, 1.82) is 0 Å². The van der Waals surface area contributed by atoms with Crippen molar-refractivity contribution < 1.29 is 23.9 Å². The number of anilines is 1. The summed E-state index contributed by atoms with van der Waals surface area (Å²) < 4.78 is 6.38. The maximum absolute atomic E-state index is 13.3. The first kappa shape index (κ1) is 23.5. The lowest BCUT2D eigenvalue weighted by Gasteiger charge is -2.40. The molecule has 1 saturated heterocycles. The number of hydrogen-bond donors (Lipinski definition) is 2. The number of nitrogens with zero attached hydrogens (tertiary/aromatic N) is 3. The summed E-state index contributed by atoms with van der Waals surface area (Å²) in [6.45, 7) is 1.64. The fraction of sp³-hybridized carbons (Fsp3) is 0.308. The lowest BCUT2D eigenvalue weighted by molar-refractivity contribution is -0.907. The molecule has 1 fully saturated rings. The van der Waals surface area contributed by atoms with Gasteiger partial charge in [-0.25, -0.2) is 14.8 Å². The Labute approximate surface area is 198 Å². The molecule has 1 aliphatic rings. The molecular weight excluding hydrogens is 432 g/mol. The van der Waals surface area contributed by atoms with E-state index in [2.05, 4.69) is 15.3 Å². The fourth-order valence-electron chi connectivity index (χ4n) is 4.33. The molecule has 3 aromatic rings. The molecule has 0 atom stereocenters. The number of likely N-dealkylation sites (tertiary alicyclic amines) is 1. The van der Waals surface area contributed by atoms with Crippen LogP contribution in [0.5, 0.6) is 0 Å². The summed E-state index contributed by atoms with van der Waals surface area (Å²) in [6.07, 6.45) is 3.83. The maximum atomic E-state index is 13.3. The molecule has 0 spiro atoms. The van der Waals surface area contributed by atoms with Crippen molar-refractivity contribution in [3.63, 3.8) is 0 Å². The minimum absolute atomic E-state index is 0.126. The lowest BCUT2D eigenvalue weighted by Crippen LogP contribution is -2.55. The molecule has 4 rings (SSSR count). The molecule has 8 heteroatoms. The van der Waals surface area contributed by atoms with E-state index in [0.717, 1.165) is 0 Å². The van der Waals surface area contributed by atoms with Gasteiger partial charge in [-0.1, -0.05) is 60.7 Å². The Morgan fingerprint density at radius 3 is 2.15 bits per heavy atom. The second kappa shape index (κ2) is 10.1. The van der Waals surface area contributed by atoms with Gasteiger partial charge in [-0.05, 0) is 17.2 Å². The number of piperidine rings is 1. The molecule has 8 nitrogen and oxygen atoms in total. The van der Waals surface area contributed by atoms with Gasteiger partial charge in [-0.3, -0.25) is 4.79 Å². The third-order valence-corrected chi connectivity index (χ3v) is 6.31. The number of hydrogen-bond acceptors (Lipinski definition) is 6. The van der Waals surface area contributed by atoms with Gasteiger partial charge in [-0.2, -0.15) is 0 Å². The van der Waals surface area contributed by atoms with Crippen LogP contribution in [0.25, 0.3) is 0 Å². The van der Waals surface area contributed by atoms with Crippen molar-refractivity contribution in [2.24, 2.45) is 0 Å². The van der Waals surface area contributed by atoms with E-state index in [1.807, 2.05) is 19.2 Å². The second-order valence-corrected chi connectivity index (χ2v) is 8.91. The highest BCUT2D eigenvalue weighted by atomic mass is 16.6. The Morgan fingerprint density at radius 2 is 1.62 bits per heavy atom. The lowest BCUT2D eigenvalue weighted by atomic mass is 9.86. The summed E-state index contributed by atoms with van der Waals surface area (Å²) in [5.41, 5.74) is -0.969. The van der Waals surface area contributed by atoms with Crippen molar-refractivity contribution in [3.8, 4) is 0 Å². The average molecular weight is 462 g/mol. The van der Waals surface area contributed by atoms with Gasteiger partial charge in [0.15, 0.2) is 6.54 Å². The number of carbonyl (C=O) groups excluding carboxylic acids is 2. The average Bonchev–Trinajstić information content (AvgIpc) is 2.86. The van der Waals surface area contributed by atoms with Crippen LogP contribution in [-0.2, 0) is 19.9 Å². The zero-order chi connectivity index (χ0) is 24.0. The predicted octanol–water partition coefficient (Wildman–Crippen LogP) is 2.50. The quantitative estimate of drug-likeness (QED) is 0.414. The highest BCUT2D eigenvalue weighted by Gasteiger charge is 2.44. The monoisotopic (exact) mass is 461 g/mol. The predicted molar refractivity (Wildman–Crippen MR) is 126 cm³/mol. The number of benzene rings is 2. The van der Waals surface area contributed by atoms with Gasteiger partial charge in [0.25, 0.3) is 5.91 Å². The summed E-state index contributed by atoms with van der Waals surface area (Å²) in [6, 6.07) is 19.3. The van der Waals surface area contributed by atoms with Crippen molar-refractivity contribution in [2.75, 3.05) is 32.0 Å². The van der Waals surface area contributed by atoms with Crippen molar-refractivity contribution >= 4 is 17.7 Å². The number of aliphatic hydroxyl groups is 1. The molecule has 2 heterocycles. The second-order valence-electron chi connectivity index (χ2n) is 8.91. The van der Waals surface area contributed by atoms with Crippen LogP contribution in [0.3, 0.4) is 0 Å². The summed E-state index contributed by atoms with van der Waals surface area (Å²) in [5.74, 6) is -0.344. The van der Waals surface area contributed by atoms with E-state index in [1.165, 1.54) is 6.33 Å². The first-order valence-electron chi connectivity index (χ1n) is 11.3. The first-order valence-corrected chi connectivity index (χ1v) is 11.3. The van der Waals surface area contributed by atoms with Crippen LogP contribution in [0.2, 0.25) is 0 Å². The standard InChI is InChI=1S/C26H28N4O4/c1-30(18-24(31)29-23-12-15-27-19-28-23)16-13-22(14-17-30)34-25(32)26(33,20-8-4-2-5-9-20)21-10-6-3-7-11-21/h2-12,15,19,22,33H,13-14,16-18H2,1H3/p+1. The third kappa shape index (κ3) is 5.30. The Morgan fingerprint density at radius 1 is 1.03 bits per heavy atom. The van der Waals surface area contributed by atoms with Crippen LogP contribution in [0.4, 0.5) is 5.82 Å². The molecule has 0 aliphatic carbocycles. The van der Waals surface area contributed by atoms with E-state index in [9.17, 15) is 14.7 Å². The van der Waals surface area contributed by atoms with Gasteiger partial charge in [-0.15, -0.1) is 0 Å². The Kier molecular flexibility index (Phi) is 7.00. The number of aromatic nitrogens is 2. The number of carbonyl (C=O) groups is 2. The smallest absolute Gasteiger partial charge is 0.347 e. The maximum Gasteiger partial charge on any atom is 0.347 e. The van der Waals surface area contributed by atoms with E-state index in [4.69, 9.17) is 4.74 Å². The van der Waals surface area contributed by atoms with Crippen molar-refractivity contribution in [1.82, 2.24) is 9.97 Å². The first-order chi connectivity index (χ1) is 16.4. The molecule has 176 valence electrons.